The van der Waals surface area contributed by atoms with E-state index in [2.05, 4.69) is 55.4 Å². The summed E-state index contributed by atoms with van der Waals surface area (Å²) in [5.74, 6) is 0.917. The smallest absolute Gasteiger partial charge is 0.462 e. The number of esters is 4. The van der Waals surface area contributed by atoms with Gasteiger partial charge in [-0.05, 0) is 49.4 Å². The molecule has 0 aliphatic rings. The third-order valence-corrected chi connectivity index (χ3v) is 19.3. The van der Waals surface area contributed by atoms with Gasteiger partial charge in [-0.3, -0.25) is 37.3 Å². The van der Waals surface area contributed by atoms with Crippen LogP contribution in [0.5, 0.6) is 0 Å². The Morgan fingerprint density at radius 2 is 0.516 bits per heavy atom. The number of carbonyl (C=O) groups excluding carboxylic acids is 4. The molecule has 0 aliphatic heterocycles. The fraction of sp³-hybridized carbons (Fsp3) is 0.946. The van der Waals surface area contributed by atoms with Crippen molar-refractivity contribution in [3.8, 4) is 0 Å². The summed E-state index contributed by atoms with van der Waals surface area (Å²) in [7, 11) is -9.91. The molecule has 552 valence electrons. The van der Waals surface area contributed by atoms with Gasteiger partial charge in [-0.1, -0.05) is 319 Å². The molecule has 0 bridgehead atoms. The summed E-state index contributed by atoms with van der Waals surface area (Å²) < 4.78 is 68.5. The molecule has 0 aliphatic carbocycles. The van der Waals surface area contributed by atoms with E-state index >= 15 is 0 Å². The molecule has 3 N–H and O–H groups in total. The summed E-state index contributed by atoms with van der Waals surface area (Å²) in [6.45, 7) is 14.2. The Morgan fingerprint density at radius 3 is 0.763 bits per heavy atom. The van der Waals surface area contributed by atoms with Crippen LogP contribution in [-0.2, 0) is 65.4 Å². The molecule has 3 unspecified atom stereocenters. The summed E-state index contributed by atoms with van der Waals surface area (Å²) in [5.41, 5.74) is 0. The van der Waals surface area contributed by atoms with Gasteiger partial charge in [-0.15, -0.1) is 0 Å². The summed E-state index contributed by atoms with van der Waals surface area (Å²) >= 11 is 0. The van der Waals surface area contributed by atoms with Gasteiger partial charge in [0.05, 0.1) is 26.4 Å². The number of hydrogen-bond acceptors (Lipinski definition) is 15. The van der Waals surface area contributed by atoms with Crippen molar-refractivity contribution in [3.63, 3.8) is 0 Å². The lowest BCUT2D eigenvalue weighted by atomic mass is 10.00. The Morgan fingerprint density at radius 1 is 0.301 bits per heavy atom. The molecule has 0 spiro atoms. The van der Waals surface area contributed by atoms with Gasteiger partial charge in [-0.25, -0.2) is 9.13 Å². The molecule has 0 saturated carbocycles. The van der Waals surface area contributed by atoms with Crippen LogP contribution >= 0.6 is 15.6 Å². The summed E-state index contributed by atoms with van der Waals surface area (Å²) in [4.78, 5) is 72.7. The zero-order valence-electron chi connectivity index (χ0n) is 60.9. The van der Waals surface area contributed by atoms with E-state index in [1.165, 1.54) is 167 Å². The van der Waals surface area contributed by atoms with Crippen LogP contribution in [0.2, 0.25) is 0 Å². The third kappa shape index (κ3) is 67.0. The normalized spacial score (nSPS) is 14.5. The van der Waals surface area contributed by atoms with E-state index in [1.807, 2.05) is 0 Å². The highest BCUT2D eigenvalue weighted by Gasteiger charge is 2.30. The Kier molecular flexibility index (Phi) is 62.2. The first-order valence-electron chi connectivity index (χ1n) is 38.2. The van der Waals surface area contributed by atoms with Crippen molar-refractivity contribution in [3.05, 3.63) is 0 Å². The number of aliphatic hydroxyl groups is 1. The van der Waals surface area contributed by atoms with Gasteiger partial charge in [0.25, 0.3) is 0 Å². The first-order chi connectivity index (χ1) is 44.6. The summed E-state index contributed by atoms with van der Waals surface area (Å²) in [6, 6.07) is 0. The quantitative estimate of drug-likeness (QED) is 0.0222. The zero-order chi connectivity index (χ0) is 68.9. The fourth-order valence-corrected chi connectivity index (χ4v) is 12.7. The van der Waals surface area contributed by atoms with Crippen LogP contribution in [0.4, 0.5) is 0 Å². The molecule has 0 rings (SSSR count). The number of carbonyl (C=O) groups is 4. The van der Waals surface area contributed by atoms with E-state index in [9.17, 15) is 43.2 Å². The molecule has 19 heteroatoms. The number of phosphoric acid groups is 2. The first-order valence-corrected chi connectivity index (χ1v) is 41.2. The van der Waals surface area contributed by atoms with Gasteiger partial charge in [-0.2, -0.15) is 0 Å². The molecule has 0 aromatic heterocycles. The monoisotopic (exact) mass is 1370 g/mol. The molecule has 0 aromatic rings. The molecule has 6 atom stereocenters. The van der Waals surface area contributed by atoms with Gasteiger partial charge in [0.2, 0.25) is 0 Å². The molecule has 0 saturated heterocycles. The molecular formula is C74H144O17P2. The van der Waals surface area contributed by atoms with E-state index < -0.39 is 97.5 Å². The third-order valence-electron chi connectivity index (χ3n) is 17.4. The van der Waals surface area contributed by atoms with Crippen LogP contribution in [0, 0.1) is 23.7 Å². The lowest BCUT2D eigenvalue weighted by Gasteiger charge is -2.21. The highest BCUT2D eigenvalue weighted by Crippen LogP contribution is 2.45. The first kappa shape index (κ1) is 91.1. The molecule has 0 fully saturated rings. The van der Waals surface area contributed by atoms with Crippen LogP contribution in [0.25, 0.3) is 0 Å². The molecule has 0 amide bonds. The SMILES string of the molecule is CCC(C)CCCCCCCCC(=O)OC[C@H](COP(=O)(O)OC[C@H](O)COP(=O)(O)OC[C@@H](COC(=O)CCCCCCCCCCCCCCC(C)C)OC(=O)CCCCCCCCCCCCC(C)C)OC(=O)CCCCCCCCCCCCCCC(C)C. The van der Waals surface area contributed by atoms with Crippen molar-refractivity contribution in [2.24, 2.45) is 23.7 Å². The maximum Gasteiger partial charge on any atom is 0.472 e. The predicted molar refractivity (Wildman–Crippen MR) is 377 cm³/mol. The Bertz CT molecular complexity index is 1840. The second-order valence-electron chi connectivity index (χ2n) is 28.4. The minimum absolute atomic E-state index is 0.105. The highest BCUT2D eigenvalue weighted by molar-refractivity contribution is 7.47. The Balaban J connectivity index is 5.26. The van der Waals surface area contributed by atoms with Crippen LogP contribution < -0.4 is 0 Å². The van der Waals surface area contributed by atoms with Gasteiger partial charge < -0.3 is 33.8 Å². The van der Waals surface area contributed by atoms with Crippen molar-refractivity contribution < 1.29 is 80.2 Å². The Labute approximate surface area is 568 Å². The van der Waals surface area contributed by atoms with E-state index in [-0.39, 0.29) is 25.7 Å². The largest absolute Gasteiger partial charge is 0.472 e. The van der Waals surface area contributed by atoms with Crippen LogP contribution in [0.15, 0.2) is 0 Å². The van der Waals surface area contributed by atoms with Crippen LogP contribution in [0.1, 0.15) is 370 Å². The second kappa shape index (κ2) is 63.5. The number of ether oxygens (including phenoxy) is 4. The zero-order valence-corrected chi connectivity index (χ0v) is 62.7. The van der Waals surface area contributed by atoms with Crippen molar-refractivity contribution in [2.75, 3.05) is 39.6 Å². The lowest BCUT2D eigenvalue weighted by molar-refractivity contribution is -0.161. The fourth-order valence-electron chi connectivity index (χ4n) is 11.2. The maximum atomic E-state index is 13.1. The van der Waals surface area contributed by atoms with E-state index in [0.29, 0.717) is 25.7 Å². The second-order valence-corrected chi connectivity index (χ2v) is 31.3. The number of hydrogen-bond donors (Lipinski definition) is 3. The number of aliphatic hydroxyl groups excluding tert-OH is 1. The number of unbranched alkanes of at least 4 members (excludes halogenated alkanes) is 36. The van der Waals surface area contributed by atoms with Crippen molar-refractivity contribution in [1.29, 1.82) is 0 Å². The van der Waals surface area contributed by atoms with E-state index in [1.54, 1.807) is 0 Å². The van der Waals surface area contributed by atoms with Gasteiger partial charge >= 0.3 is 39.5 Å². The molecule has 0 radical (unpaired) electrons. The number of rotatable bonds is 71. The van der Waals surface area contributed by atoms with Gasteiger partial charge in [0, 0.05) is 25.7 Å². The van der Waals surface area contributed by atoms with Crippen molar-refractivity contribution >= 4 is 39.5 Å². The van der Waals surface area contributed by atoms with Crippen molar-refractivity contribution in [2.45, 2.75) is 388 Å². The summed E-state index contributed by atoms with van der Waals surface area (Å²) in [6.07, 6.45) is 47.1. The molecule has 93 heavy (non-hydrogen) atoms. The van der Waals surface area contributed by atoms with Crippen LogP contribution in [0.3, 0.4) is 0 Å². The molecular weight excluding hydrogens is 1220 g/mol. The molecule has 0 heterocycles. The molecule has 0 aromatic carbocycles. The average Bonchev–Trinajstić information content (AvgIpc) is 1.73. The topological polar surface area (TPSA) is 237 Å². The van der Waals surface area contributed by atoms with Gasteiger partial charge in [0.15, 0.2) is 12.2 Å². The Hall–Kier alpha value is -1.94. The standard InChI is InChI=1S/C74H144O17P2/c1-9-67(8)53-45-37-32-33-39-47-55-72(77)85-61-70(91-73(78)56-48-40-30-24-17-13-11-15-21-27-35-43-51-65(4)5)63-89-93(82,83)87-59-68(75)58-86-92(80,81)88-62-69(90-74(79)57-49-41-31-25-19-18-22-28-36-44-52-66(6)7)60-84-71(76)54-46-38-29-23-16-12-10-14-20-26-34-42-50-64(2)3/h64-70,75H,9-63H2,1-8H3,(H,80,81)(H,82,83)/t67?,68-,69-,70-/m1/s1. The number of phosphoric ester groups is 2. The average molecular weight is 1370 g/mol. The molecule has 17 nitrogen and oxygen atoms in total. The minimum atomic E-state index is -4.96. The predicted octanol–water partition coefficient (Wildman–Crippen LogP) is 21.3. The van der Waals surface area contributed by atoms with Crippen LogP contribution in [-0.4, -0.2) is 96.7 Å². The maximum absolute atomic E-state index is 13.1. The van der Waals surface area contributed by atoms with E-state index in [0.717, 1.165) is 120 Å². The van der Waals surface area contributed by atoms with Gasteiger partial charge in [0.1, 0.15) is 19.3 Å². The minimum Gasteiger partial charge on any atom is -0.462 e. The summed E-state index contributed by atoms with van der Waals surface area (Å²) in [5, 5.41) is 10.6. The van der Waals surface area contributed by atoms with Crippen molar-refractivity contribution in [1.82, 2.24) is 0 Å². The lowest BCUT2D eigenvalue weighted by Crippen LogP contribution is -2.30. The van der Waals surface area contributed by atoms with E-state index in [4.69, 9.17) is 37.0 Å². The highest BCUT2D eigenvalue weighted by atomic mass is 31.2.